The summed E-state index contributed by atoms with van der Waals surface area (Å²) in [5.74, 6) is 1.56. The van der Waals surface area contributed by atoms with Crippen LogP contribution < -0.4 is 15.0 Å². The monoisotopic (exact) mass is 459 g/mol. The van der Waals surface area contributed by atoms with Crippen LogP contribution in [0.25, 0.3) is 10.2 Å². The number of aromatic nitrogens is 2. The van der Waals surface area contributed by atoms with Gasteiger partial charge in [0.15, 0.2) is 11.5 Å². The number of esters is 1. The highest BCUT2D eigenvalue weighted by Gasteiger charge is 2.21. The van der Waals surface area contributed by atoms with E-state index in [1.165, 1.54) is 18.4 Å². The van der Waals surface area contributed by atoms with Crippen LogP contribution in [0.1, 0.15) is 26.6 Å². The van der Waals surface area contributed by atoms with Gasteiger partial charge in [-0.2, -0.15) is 0 Å². The van der Waals surface area contributed by atoms with Crippen molar-refractivity contribution in [1.29, 1.82) is 0 Å². The minimum absolute atomic E-state index is 0.155. The van der Waals surface area contributed by atoms with Gasteiger partial charge < -0.3 is 23.9 Å². The Kier molecular flexibility index (Phi) is 6.73. The zero-order valence-corrected chi connectivity index (χ0v) is 19.0. The number of fused-ring (bicyclic) bond motifs is 2. The molecule has 2 aromatic heterocycles. The number of aryl methyl sites for hydroxylation is 1. The van der Waals surface area contributed by atoms with E-state index in [4.69, 9.17) is 18.9 Å². The molecule has 0 fully saturated rings. The van der Waals surface area contributed by atoms with E-state index in [0.29, 0.717) is 59.4 Å². The number of rotatable bonds is 8. The molecule has 0 aliphatic carbocycles. The fourth-order valence-corrected chi connectivity index (χ4v) is 4.65. The summed E-state index contributed by atoms with van der Waals surface area (Å²) < 4.78 is 21.3. The quantitative estimate of drug-likeness (QED) is 0.405. The Morgan fingerprint density at radius 2 is 2.00 bits per heavy atom. The standard InChI is InChI=1S/C22H25N3O6S/c1-13-18-20(26)23-17(24-21(18)32-19(13)22(27)31-7-6-28-3)12-25(2)11-14-4-5-15-16(10-14)30-9-8-29-15/h4-5,10H,6-9,11-12H2,1-3H3,(H,23,24,26). The summed E-state index contributed by atoms with van der Waals surface area (Å²) in [6.07, 6.45) is 0. The maximum Gasteiger partial charge on any atom is 0.348 e. The van der Waals surface area contributed by atoms with Gasteiger partial charge in [-0.1, -0.05) is 6.07 Å². The predicted molar refractivity (Wildman–Crippen MR) is 120 cm³/mol. The number of methoxy groups -OCH3 is 1. The van der Waals surface area contributed by atoms with Crippen LogP contribution in [0.3, 0.4) is 0 Å². The van der Waals surface area contributed by atoms with Crippen LogP contribution in [0.15, 0.2) is 23.0 Å². The maximum atomic E-state index is 12.7. The van der Waals surface area contributed by atoms with Crippen molar-refractivity contribution in [2.75, 3.05) is 40.6 Å². The first-order valence-corrected chi connectivity index (χ1v) is 11.0. The second kappa shape index (κ2) is 9.68. The molecule has 4 rings (SSSR count). The van der Waals surface area contributed by atoms with Gasteiger partial charge in [0.05, 0.1) is 18.5 Å². The average Bonchev–Trinajstić information content (AvgIpc) is 3.10. The van der Waals surface area contributed by atoms with Gasteiger partial charge in [0, 0.05) is 13.7 Å². The summed E-state index contributed by atoms with van der Waals surface area (Å²) in [5.41, 5.74) is 1.38. The number of ether oxygens (including phenoxy) is 4. The Bertz CT molecular complexity index is 1190. The van der Waals surface area contributed by atoms with Gasteiger partial charge >= 0.3 is 5.97 Å². The number of hydrogen-bond acceptors (Lipinski definition) is 9. The van der Waals surface area contributed by atoms with Crippen molar-refractivity contribution >= 4 is 27.5 Å². The third kappa shape index (κ3) is 4.77. The van der Waals surface area contributed by atoms with Crippen LogP contribution in [-0.2, 0) is 22.6 Å². The van der Waals surface area contributed by atoms with Crippen LogP contribution in [0.4, 0.5) is 0 Å². The molecule has 1 N–H and O–H groups in total. The summed E-state index contributed by atoms with van der Waals surface area (Å²) in [5, 5.41) is 0.423. The van der Waals surface area contributed by atoms with Crippen LogP contribution in [0.5, 0.6) is 11.5 Å². The highest BCUT2D eigenvalue weighted by Crippen LogP contribution is 2.31. The van der Waals surface area contributed by atoms with Crippen molar-refractivity contribution in [3.05, 3.63) is 50.4 Å². The number of H-pyrrole nitrogens is 1. The number of benzene rings is 1. The Morgan fingerprint density at radius 1 is 1.22 bits per heavy atom. The van der Waals surface area contributed by atoms with Gasteiger partial charge in [0.2, 0.25) is 0 Å². The maximum absolute atomic E-state index is 12.7. The van der Waals surface area contributed by atoms with E-state index >= 15 is 0 Å². The van der Waals surface area contributed by atoms with Gasteiger partial charge in [-0.3, -0.25) is 9.69 Å². The van der Waals surface area contributed by atoms with Gasteiger partial charge in [-0.15, -0.1) is 11.3 Å². The Labute approximate surface area is 188 Å². The lowest BCUT2D eigenvalue weighted by Gasteiger charge is -2.20. The van der Waals surface area contributed by atoms with E-state index in [2.05, 4.69) is 9.97 Å². The summed E-state index contributed by atoms with van der Waals surface area (Å²) >= 11 is 1.17. The highest BCUT2D eigenvalue weighted by atomic mass is 32.1. The molecule has 0 bridgehead atoms. The van der Waals surface area contributed by atoms with Crippen LogP contribution in [0.2, 0.25) is 0 Å². The number of thiophene rings is 1. The lowest BCUT2D eigenvalue weighted by atomic mass is 10.2. The fraction of sp³-hybridized carbons (Fsp3) is 0.409. The molecule has 170 valence electrons. The number of nitrogens with one attached hydrogen (secondary N) is 1. The van der Waals surface area contributed by atoms with E-state index in [1.54, 1.807) is 6.92 Å². The summed E-state index contributed by atoms with van der Waals surface area (Å²) in [4.78, 5) is 35.4. The first-order valence-electron chi connectivity index (χ1n) is 10.2. The Morgan fingerprint density at radius 3 is 2.78 bits per heavy atom. The van der Waals surface area contributed by atoms with Gasteiger partial charge in [0.25, 0.3) is 5.56 Å². The van der Waals surface area contributed by atoms with Crippen molar-refractivity contribution in [2.45, 2.75) is 20.0 Å². The molecular formula is C22H25N3O6S. The molecule has 3 aromatic rings. The second-order valence-electron chi connectivity index (χ2n) is 7.53. The van der Waals surface area contributed by atoms with Crippen molar-refractivity contribution in [3.8, 4) is 11.5 Å². The fourth-order valence-electron chi connectivity index (χ4n) is 3.55. The first-order chi connectivity index (χ1) is 15.5. The molecule has 1 aliphatic heterocycles. The molecule has 0 saturated heterocycles. The molecule has 1 aromatic carbocycles. The largest absolute Gasteiger partial charge is 0.486 e. The van der Waals surface area contributed by atoms with Crippen molar-refractivity contribution < 1.29 is 23.7 Å². The van der Waals surface area contributed by atoms with Crippen molar-refractivity contribution in [1.82, 2.24) is 14.9 Å². The molecule has 0 saturated carbocycles. The lowest BCUT2D eigenvalue weighted by Crippen LogP contribution is -2.22. The molecule has 1 aliphatic rings. The third-order valence-corrected chi connectivity index (χ3v) is 6.20. The smallest absolute Gasteiger partial charge is 0.348 e. The molecule has 0 atom stereocenters. The minimum Gasteiger partial charge on any atom is -0.486 e. The molecule has 0 unspecified atom stereocenters. The zero-order chi connectivity index (χ0) is 22.7. The van der Waals surface area contributed by atoms with Gasteiger partial charge in [-0.05, 0) is 37.2 Å². The number of carbonyl (C=O) groups is 1. The Hall–Kier alpha value is -2.95. The average molecular weight is 460 g/mol. The van der Waals surface area contributed by atoms with Gasteiger partial charge in [-0.25, -0.2) is 9.78 Å². The molecule has 10 heteroatoms. The lowest BCUT2D eigenvalue weighted by molar-refractivity contribution is 0.0393. The Balaban J connectivity index is 1.49. The van der Waals surface area contributed by atoms with Crippen molar-refractivity contribution in [2.24, 2.45) is 0 Å². The molecule has 32 heavy (non-hydrogen) atoms. The SMILES string of the molecule is COCCOC(=O)c1sc2nc(CN(C)Cc3ccc4c(c3)OCCO4)[nH]c(=O)c2c1C. The topological polar surface area (TPSA) is 103 Å². The summed E-state index contributed by atoms with van der Waals surface area (Å²) in [6, 6.07) is 5.87. The molecule has 9 nitrogen and oxygen atoms in total. The van der Waals surface area contributed by atoms with Crippen LogP contribution in [0, 0.1) is 6.92 Å². The molecule has 3 heterocycles. The van der Waals surface area contributed by atoms with E-state index in [9.17, 15) is 9.59 Å². The normalized spacial score (nSPS) is 13.0. The number of hydrogen-bond donors (Lipinski definition) is 1. The molecular weight excluding hydrogens is 434 g/mol. The van der Waals surface area contributed by atoms with Gasteiger partial charge in [0.1, 0.15) is 35.4 Å². The molecule has 0 amide bonds. The van der Waals surface area contributed by atoms with Crippen LogP contribution in [-0.4, -0.2) is 61.4 Å². The minimum atomic E-state index is -0.473. The zero-order valence-electron chi connectivity index (χ0n) is 18.2. The van der Waals surface area contributed by atoms with E-state index in [0.717, 1.165) is 17.1 Å². The molecule has 0 radical (unpaired) electrons. The van der Waals surface area contributed by atoms with E-state index in [-0.39, 0.29) is 12.2 Å². The summed E-state index contributed by atoms with van der Waals surface area (Å²) in [6.45, 7) is 4.37. The van der Waals surface area contributed by atoms with E-state index in [1.807, 2.05) is 30.1 Å². The number of carbonyl (C=O) groups excluding carboxylic acids is 1. The van der Waals surface area contributed by atoms with E-state index < -0.39 is 5.97 Å². The summed E-state index contributed by atoms with van der Waals surface area (Å²) in [7, 11) is 3.48. The van der Waals surface area contributed by atoms with Crippen LogP contribution >= 0.6 is 11.3 Å². The van der Waals surface area contributed by atoms with Crippen molar-refractivity contribution in [3.63, 3.8) is 0 Å². The third-order valence-electron chi connectivity index (χ3n) is 5.03. The molecule has 0 spiro atoms. The predicted octanol–water partition coefficient (Wildman–Crippen LogP) is 2.50. The second-order valence-corrected chi connectivity index (χ2v) is 8.53. The first kappa shape index (κ1) is 22.3. The number of nitrogens with zero attached hydrogens (tertiary/aromatic N) is 2. The number of aromatic amines is 1. The highest BCUT2D eigenvalue weighted by molar-refractivity contribution is 7.20.